The standard InChI is InChI=1S/C10H14BrN3O.2ClH/c1-7(12)2-3-14-10(15)8-4-9(11)6-13-5-8;;/h4-7H,2-3,12H2,1H3,(H,14,15);2*1H. The maximum absolute atomic E-state index is 11.6. The number of rotatable bonds is 4. The van der Waals surface area contributed by atoms with Crippen LogP contribution in [0.5, 0.6) is 0 Å². The van der Waals surface area contributed by atoms with Crippen LogP contribution in [0.4, 0.5) is 0 Å². The fraction of sp³-hybridized carbons (Fsp3) is 0.400. The van der Waals surface area contributed by atoms with Crippen molar-refractivity contribution in [2.75, 3.05) is 6.54 Å². The number of halogens is 3. The summed E-state index contributed by atoms with van der Waals surface area (Å²) in [6.07, 6.45) is 3.94. The average molecular weight is 345 g/mol. The number of nitrogens with one attached hydrogen (secondary N) is 1. The first-order valence-corrected chi connectivity index (χ1v) is 5.53. The predicted octanol–water partition coefficient (Wildman–Crippen LogP) is 2.15. The van der Waals surface area contributed by atoms with Crippen molar-refractivity contribution >= 4 is 46.7 Å². The number of pyridine rings is 1. The normalized spacial score (nSPS) is 10.8. The molecule has 0 saturated carbocycles. The maximum atomic E-state index is 11.6. The Bertz CT molecular complexity index is 350. The van der Waals surface area contributed by atoms with Gasteiger partial charge in [-0.3, -0.25) is 9.78 Å². The summed E-state index contributed by atoms with van der Waals surface area (Å²) >= 11 is 3.26. The fourth-order valence-electron chi connectivity index (χ4n) is 1.05. The second-order valence-corrected chi connectivity index (χ2v) is 4.33. The lowest BCUT2D eigenvalue weighted by atomic mass is 10.2. The molecule has 4 nitrogen and oxygen atoms in total. The molecule has 17 heavy (non-hydrogen) atoms. The van der Waals surface area contributed by atoms with E-state index in [0.717, 1.165) is 10.9 Å². The second kappa shape index (κ2) is 9.65. The molecule has 1 rings (SSSR count). The molecule has 0 aliphatic rings. The molecule has 0 spiro atoms. The van der Waals surface area contributed by atoms with E-state index in [-0.39, 0.29) is 36.8 Å². The van der Waals surface area contributed by atoms with Gasteiger partial charge in [-0.15, -0.1) is 24.8 Å². The Morgan fingerprint density at radius 3 is 2.71 bits per heavy atom. The van der Waals surface area contributed by atoms with Crippen LogP contribution in [-0.4, -0.2) is 23.5 Å². The summed E-state index contributed by atoms with van der Waals surface area (Å²) < 4.78 is 0.794. The van der Waals surface area contributed by atoms with Crippen LogP contribution in [0.1, 0.15) is 23.7 Å². The van der Waals surface area contributed by atoms with Gasteiger partial charge < -0.3 is 11.1 Å². The summed E-state index contributed by atoms with van der Waals surface area (Å²) in [6, 6.07) is 1.83. The molecule has 1 unspecified atom stereocenters. The summed E-state index contributed by atoms with van der Waals surface area (Å²) in [6.45, 7) is 2.50. The van der Waals surface area contributed by atoms with Gasteiger partial charge in [0.2, 0.25) is 0 Å². The van der Waals surface area contributed by atoms with Crippen LogP contribution < -0.4 is 11.1 Å². The SMILES string of the molecule is CC(N)CCNC(=O)c1cncc(Br)c1.Cl.Cl. The number of aromatic nitrogens is 1. The van der Waals surface area contributed by atoms with Gasteiger partial charge >= 0.3 is 0 Å². The van der Waals surface area contributed by atoms with Crippen molar-refractivity contribution in [3.63, 3.8) is 0 Å². The first kappa shape index (κ1) is 19.0. The summed E-state index contributed by atoms with van der Waals surface area (Å²) in [4.78, 5) is 15.5. The highest BCUT2D eigenvalue weighted by Gasteiger charge is 2.05. The van der Waals surface area contributed by atoms with Gasteiger partial charge in [-0.1, -0.05) is 0 Å². The van der Waals surface area contributed by atoms with E-state index in [9.17, 15) is 4.79 Å². The van der Waals surface area contributed by atoms with Crippen LogP contribution in [0, 0.1) is 0 Å². The molecule has 0 fully saturated rings. The molecule has 1 atom stereocenters. The van der Waals surface area contributed by atoms with Crippen LogP contribution in [0.3, 0.4) is 0 Å². The van der Waals surface area contributed by atoms with Crippen LogP contribution in [-0.2, 0) is 0 Å². The van der Waals surface area contributed by atoms with Crippen molar-refractivity contribution in [1.82, 2.24) is 10.3 Å². The first-order chi connectivity index (χ1) is 7.09. The van der Waals surface area contributed by atoms with Gasteiger partial charge in [0.1, 0.15) is 0 Å². The molecule has 1 amide bonds. The number of hydrogen-bond acceptors (Lipinski definition) is 3. The Kier molecular flexibility index (Phi) is 10.8. The van der Waals surface area contributed by atoms with E-state index < -0.39 is 0 Å². The Balaban J connectivity index is 0. The topological polar surface area (TPSA) is 68.0 Å². The maximum Gasteiger partial charge on any atom is 0.252 e. The van der Waals surface area contributed by atoms with E-state index in [1.165, 1.54) is 6.20 Å². The Morgan fingerprint density at radius 2 is 2.18 bits per heavy atom. The number of carbonyl (C=O) groups excluding carboxylic acids is 1. The molecule has 1 aromatic heterocycles. The molecule has 0 aliphatic carbocycles. The highest BCUT2D eigenvalue weighted by atomic mass is 79.9. The van der Waals surface area contributed by atoms with Crippen molar-refractivity contribution in [2.45, 2.75) is 19.4 Å². The van der Waals surface area contributed by atoms with E-state index in [4.69, 9.17) is 5.73 Å². The molecule has 0 aromatic carbocycles. The van der Waals surface area contributed by atoms with E-state index >= 15 is 0 Å². The number of hydrogen-bond donors (Lipinski definition) is 2. The Hall–Kier alpha value is -0.360. The lowest BCUT2D eigenvalue weighted by molar-refractivity contribution is 0.0952. The lowest BCUT2D eigenvalue weighted by Gasteiger charge is -2.07. The zero-order chi connectivity index (χ0) is 11.3. The molecule has 7 heteroatoms. The number of nitrogens with zero attached hydrogens (tertiary/aromatic N) is 1. The van der Waals surface area contributed by atoms with Gasteiger partial charge in [0.25, 0.3) is 5.91 Å². The quantitative estimate of drug-likeness (QED) is 0.879. The molecule has 0 aliphatic heterocycles. The molecule has 1 heterocycles. The molecule has 1 aromatic rings. The van der Waals surface area contributed by atoms with Crippen molar-refractivity contribution in [3.8, 4) is 0 Å². The van der Waals surface area contributed by atoms with Crippen LogP contribution in [0.15, 0.2) is 22.9 Å². The number of nitrogens with two attached hydrogens (primary N) is 1. The van der Waals surface area contributed by atoms with Gasteiger partial charge in [-0.05, 0) is 35.3 Å². The first-order valence-electron chi connectivity index (χ1n) is 4.74. The highest BCUT2D eigenvalue weighted by molar-refractivity contribution is 9.10. The van der Waals surface area contributed by atoms with Gasteiger partial charge in [-0.25, -0.2) is 0 Å². The predicted molar refractivity (Wildman–Crippen MR) is 77.0 cm³/mol. The Labute approximate surface area is 122 Å². The van der Waals surface area contributed by atoms with Crippen LogP contribution in [0.2, 0.25) is 0 Å². The summed E-state index contributed by atoms with van der Waals surface area (Å²) in [5.41, 5.74) is 6.12. The minimum atomic E-state index is -0.121. The molecule has 0 bridgehead atoms. The minimum Gasteiger partial charge on any atom is -0.352 e. The summed E-state index contributed by atoms with van der Waals surface area (Å²) in [5.74, 6) is -0.121. The van der Waals surface area contributed by atoms with Crippen molar-refractivity contribution in [3.05, 3.63) is 28.5 Å². The van der Waals surface area contributed by atoms with E-state index in [2.05, 4.69) is 26.2 Å². The third-order valence-corrected chi connectivity index (χ3v) is 2.29. The van der Waals surface area contributed by atoms with E-state index in [1.807, 2.05) is 6.92 Å². The average Bonchev–Trinajstić information content (AvgIpc) is 2.17. The molecule has 98 valence electrons. The Morgan fingerprint density at radius 1 is 1.53 bits per heavy atom. The monoisotopic (exact) mass is 343 g/mol. The third-order valence-electron chi connectivity index (χ3n) is 1.85. The van der Waals surface area contributed by atoms with E-state index in [0.29, 0.717) is 12.1 Å². The molecule has 0 radical (unpaired) electrons. The largest absolute Gasteiger partial charge is 0.352 e. The van der Waals surface area contributed by atoms with Crippen molar-refractivity contribution in [2.24, 2.45) is 5.73 Å². The van der Waals surface area contributed by atoms with Gasteiger partial charge in [0.05, 0.1) is 5.56 Å². The highest BCUT2D eigenvalue weighted by Crippen LogP contribution is 2.09. The molecular weight excluding hydrogens is 329 g/mol. The molecule has 3 N–H and O–H groups in total. The third kappa shape index (κ3) is 7.54. The smallest absolute Gasteiger partial charge is 0.252 e. The minimum absolute atomic E-state index is 0. The number of carbonyl (C=O) groups is 1. The summed E-state index contributed by atoms with van der Waals surface area (Å²) in [5, 5.41) is 2.78. The summed E-state index contributed by atoms with van der Waals surface area (Å²) in [7, 11) is 0. The van der Waals surface area contributed by atoms with Crippen molar-refractivity contribution in [1.29, 1.82) is 0 Å². The fourth-order valence-corrected chi connectivity index (χ4v) is 1.42. The van der Waals surface area contributed by atoms with Gasteiger partial charge in [0.15, 0.2) is 0 Å². The van der Waals surface area contributed by atoms with Crippen molar-refractivity contribution < 1.29 is 4.79 Å². The van der Waals surface area contributed by atoms with Crippen LogP contribution >= 0.6 is 40.7 Å². The second-order valence-electron chi connectivity index (χ2n) is 3.41. The zero-order valence-electron chi connectivity index (χ0n) is 9.35. The van der Waals surface area contributed by atoms with E-state index in [1.54, 1.807) is 12.3 Å². The van der Waals surface area contributed by atoms with Gasteiger partial charge in [-0.2, -0.15) is 0 Å². The zero-order valence-corrected chi connectivity index (χ0v) is 12.6. The number of amides is 1. The molecular formula is C10H16BrCl2N3O. The van der Waals surface area contributed by atoms with Crippen LogP contribution in [0.25, 0.3) is 0 Å². The molecule has 0 saturated heterocycles. The lowest BCUT2D eigenvalue weighted by Crippen LogP contribution is -2.28. The van der Waals surface area contributed by atoms with Gasteiger partial charge in [0, 0.05) is 29.5 Å².